The molecule has 0 aliphatic carbocycles. The first kappa shape index (κ1) is 12.5. The standard InChI is InChI=1S/C12H17NO3/c1-5-6-13-8(3)7(2)10(9(4)14)11(13)12(15)16/h5-6H2,1-4H3,(H,15,16). The molecule has 16 heavy (non-hydrogen) atoms. The molecular weight excluding hydrogens is 206 g/mol. The highest BCUT2D eigenvalue weighted by atomic mass is 16.4. The molecule has 0 aromatic carbocycles. The molecule has 0 spiro atoms. The largest absolute Gasteiger partial charge is 0.477 e. The van der Waals surface area contributed by atoms with Crippen molar-refractivity contribution < 1.29 is 14.7 Å². The second-order valence-corrected chi connectivity index (χ2v) is 3.95. The van der Waals surface area contributed by atoms with E-state index in [-0.39, 0.29) is 11.5 Å². The fourth-order valence-corrected chi connectivity index (χ4v) is 2.02. The third-order valence-corrected chi connectivity index (χ3v) is 2.83. The van der Waals surface area contributed by atoms with Crippen molar-refractivity contribution in [3.63, 3.8) is 0 Å². The monoisotopic (exact) mass is 223 g/mol. The average Bonchev–Trinajstić information content (AvgIpc) is 2.43. The van der Waals surface area contributed by atoms with Gasteiger partial charge in [0, 0.05) is 12.2 Å². The SMILES string of the molecule is CCCn1c(C)c(C)c(C(C)=O)c1C(=O)O. The first-order valence-corrected chi connectivity index (χ1v) is 5.35. The number of aromatic nitrogens is 1. The van der Waals surface area contributed by atoms with Gasteiger partial charge in [0.1, 0.15) is 5.69 Å². The van der Waals surface area contributed by atoms with Crippen LogP contribution in [0.2, 0.25) is 0 Å². The highest BCUT2D eigenvalue weighted by Gasteiger charge is 2.24. The van der Waals surface area contributed by atoms with Crippen LogP contribution in [0, 0.1) is 13.8 Å². The summed E-state index contributed by atoms with van der Waals surface area (Å²) < 4.78 is 1.72. The first-order valence-electron chi connectivity index (χ1n) is 5.35. The number of carbonyl (C=O) groups excluding carboxylic acids is 1. The van der Waals surface area contributed by atoms with E-state index in [0.717, 1.165) is 17.7 Å². The summed E-state index contributed by atoms with van der Waals surface area (Å²) in [5.74, 6) is -1.22. The number of hydrogen-bond acceptors (Lipinski definition) is 2. The zero-order valence-corrected chi connectivity index (χ0v) is 10.1. The van der Waals surface area contributed by atoms with Crippen molar-refractivity contribution in [1.82, 2.24) is 4.57 Å². The predicted molar refractivity (Wildman–Crippen MR) is 61.2 cm³/mol. The van der Waals surface area contributed by atoms with Gasteiger partial charge in [0.2, 0.25) is 0 Å². The van der Waals surface area contributed by atoms with E-state index in [0.29, 0.717) is 12.1 Å². The van der Waals surface area contributed by atoms with Crippen molar-refractivity contribution in [2.45, 2.75) is 40.7 Å². The third-order valence-electron chi connectivity index (χ3n) is 2.83. The van der Waals surface area contributed by atoms with E-state index >= 15 is 0 Å². The lowest BCUT2D eigenvalue weighted by molar-refractivity contribution is 0.0680. The second-order valence-electron chi connectivity index (χ2n) is 3.95. The summed E-state index contributed by atoms with van der Waals surface area (Å²) in [5.41, 5.74) is 2.12. The van der Waals surface area contributed by atoms with Gasteiger partial charge < -0.3 is 9.67 Å². The van der Waals surface area contributed by atoms with Gasteiger partial charge >= 0.3 is 5.97 Å². The van der Waals surface area contributed by atoms with Crippen molar-refractivity contribution >= 4 is 11.8 Å². The molecular formula is C12H17NO3. The van der Waals surface area contributed by atoms with Gasteiger partial charge in [0.05, 0.1) is 5.56 Å². The molecule has 4 heteroatoms. The topological polar surface area (TPSA) is 59.3 Å². The molecule has 0 radical (unpaired) electrons. The maximum atomic E-state index is 11.5. The van der Waals surface area contributed by atoms with Gasteiger partial charge in [0.25, 0.3) is 0 Å². The lowest BCUT2D eigenvalue weighted by Crippen LogP contribution is -2.12. The summed E-state index contributed by atoms with van der Waals surface area (Å²) in [6, 6.07) is 0. The van der Waals surface area contributed by atoms with E-state index in [4.69, 9.17) is 0 Å². The van der Waals surface area contributed by atoms with Gasteiger partial charge in [-0.2, -0.15) is 0 Å². The summed E-state index contributed by atoms with van der Waals surface area (Å²) in [4.78, 5) is 22.7. The third kappa shape index (κ3) is 1.87. The van der Waals surface area contributed by atoms with Crippen molar-refractivity contribution in [3.8, 4) is 0 Å². The zero-order valence-electron chi connectivity index (χ0n) is 10.1. The van der Waals surface area contributed by atoms with E-state index in [1.165, 1.54) is 6.92 Å². The van der Waals surface area contributed by atoms with Crippen LogP contribution in [0.15, 0.2) is 0 Å². The molecule has 1 aromatic heterocycles. The van der Waals surface area contributed by atoms with Gasteiger partial charge in [-0.25, -0.2) is 4.79 Å². The lowest BCUT2D eigenvalue weighted by Gasteiger charge is -2.07. The minimum absolute atomic E-state index is 0.129. The number of aromatic carboxylic acids is 1. The molecule has 88 valence electrons. The van der Waals surface area contributed by atoms with Crippen LogP contribution in [-0.2, 0) is 6.54 Å². The molecule has 0 amide bonds. The summed E-state index contributed by atoms with van der Waals surface area (Å²) >= 11 is 0. The van der Waals surface area contributed by atoms with Gasteiger partial charge in [0.15, 0.2) is 5.78 Å². The zero-order chi connectivity index (χ0) is 12.5. The summed E-state index contributed by atoms with van der Waals surface area (Å²) in [5, 5.41) is 9.19. The Morgan fingerprint density at radius 2 is 1.88 bits per heavy atom. The molecule has 0 saturated heterocycles. The second kappa shape index (κ2) is 4.51. The summed E-state index contributed by atoms with van der Waals surface area (Å²) in [6.07, 6.45) is 0.840. The lowest BCUT2D eigenvalue weighted by atomic mass is 10.1. The van der Waals surface area contributed by atoms with Crippen molar-refractivity contribution in [3.05, 3.63) is 22.5 Å². The number of nitrogens with zero attached hydrogens (tertiary/aromatic N) is 1. The minimum Gasteiger partial charge on any atom is -0.477 e. The summed E-state index contributed by atoms with van der Waals surface area (Å²) in [7, 11) is 0. The number of carbonyl (C=O) groups is 2. The van der Waals surface area contributed by atoms with E-state index in [2.05, 4.69) is 0 Å². The molecule has 4 nitrogen and oxygen atoms in total. The van der Waals surface area contributed by atoms with E-state index < -0.39 is 5.97 Å². The fraction of sp³-hybridized carbons (Fsp3) is 0.500. The van der Waals surface area contributed by atoms with Crippen LogP contribution in [0.3, 0.4) is 0 Å². The Kier molecular flexibility index (Phi) is 3.52. The smallest absolute Gasteiger partial charge is 0.353 e. The van der Waals surface area contributed by atoms with Crippen LogP contribution in [0.4, 0.5) is 0 Å². The molecule has 0 fully saturated rings. The molecule has 0 aliphatic heterocycles. The van der Waals surface area contributed by atoms with E-state index in [1.54, 1.807) is 11.5 Å². The minimum atomic E-state index is -1.03. The molecule has 1 N–H and O–H groups in total. The first-order chi connectivity index (χ1) is 7.41. The molecule has 0 bridgehead atoms. The van der Waals surface area contributed by atoms with Crippen molar-refractivity contribution in [2.75, 3.05) is 0 Å². The Hall–Kier alpha value is -1.58. The van der Waals surface area contributed by atoms with Crippen LogP contribution < -0.4 is 0 Å². The van der Waals surface area contributed by atoms with Crippen LogP contribution in [-0.4, -0.2) is 21.4 Å². The maximum absolute atomic E-state index is 11.5. The molecule has 0 saturated carbocycles. The summed E-state index contributed by atoms with van der Waals surface area (Å²) in [6.45, 7) is 7.66. The van der Waals surface area contributed by atoms with E-state index in [9.17, 15) is 14.7 Å². The van der Waals surface area contributed by atoms with Gasteiger partial charge in [-0.1, -0.05) is 6.92 Å². The van der Waals surface area contributed by atoms with Gasteiger partial charge in [-0.15, -0.1) is 0 Å². The Morgan fingerprint density at radius 3 is 2.25 bits per heavy atom. The quantitative estimate of drug-likeness (QED) is 0.797. The highest BCUT2D eigenvalue weighted by Crippen LogP contribution is 2.23. The van der Waals surface area contributed by atoms with Crippen LogP contribution in [0.5, 0.6) is 0 Å². The Morgan fingerprint density at radius 1 is 1.31 bits per heavy atom. The molecule has 1 heterocycles. The Labute approximate surface area is 94.9 Å². The van der Waals surface area contributed by atoms with Crippen molar-refractivity contribution in [1.29, 1.82) is 0 Å². The number of ketones is 1. The van der Waals surface area contributed by atoms with Crippen molar-refractivity contribution in [2.24, 2.45) is 0 Å². The number of rotatable bonds is 4. The molecule has 0 aliphatic rings. The van der Waals surface area contributed by atoms with Gasteiger partial charge in [-0.05, 0) is 32.8 Å². The molecule has 1 rings (SSSR count). The molecule has 0 atom stereocenters. The van der Waals surface area contributed by atoms with Crippen LogP contribution >= 0.6 is 0 Å². The fourth-order valence-electron chi connectivity index (χ4n) is 2.02. The maximum Gasteiger partial charge on any atom is 0.353 e. The number of hydrogen-bond donors (Lipinski definition) is 1. The van der Waals surface area contributed by atoms with Crippen LogP contribution in [0.25, 0.3) is 0 Å². The number of carboxylic acids is 1. The predicted octanol–water partition coefficient (Wildman–Crippen LogP) is 2.42. The number of Topliss-reactive ketones (excluding diaryl/α,β-unsaturated/α-hetero) is 1. The van der Waals surface area contributed by atoms with Crippen LogP contribution in [0.1, 0.15) is 52.4 Å². The highest BCUT2D eigenvalue weighted by molar-refractivity contribution is 6.05. The molecule has 0 unspecified atom stereocenters. The Bertz CT molecular complexity index is 444. The number of carboxylic acid groups (broad SMARTS) is 1. The average molecular weight is 223 g/mol. The Balaban J connectivity index is 3.55. The van der Waals surface area contributed by atoms with Gasteiger partial charge in [-0.3, -0.25) is 4.79 Å². The molecule has 1 aromatic rings. The van der Waals surface area contributed by atoms with E-state index in [1.807, 2.05) is 13.8 Å². The normalized spacial score (nSPS) is 10.5.